The molecule has 0 atom stereocenters. The summed E-state index contributed by atoms with van der Waals surface area (Å²) in [5.74, 6) is -0.178. The summed E-state index contributed by atoms with van der Waals surface area (Å²) in [5, 5.41) is 5.62. The molecule has 0 bridgehead atoms. The van der Waals surface area contributed by atoms with Crippen LogP contribution in [0.15, 0.2) is 61.0 Å². The fraction of sp³-hybridized carbons (Fsp3) is 0.0833. The maximum atomic E-state index is 11.5. The summed E-state index contributed by atoms with van der Waals surface area (Å²) in [6, 6.07) is 0. The predicted molar refractivity (Wildman–Crippen MR) is 61.8 cm³/mol. The molecule has 0 radical (unpaired) electrons. The van der Waals surface area contributed by atoms with Crippen molar-refractivity contribution in [3.05, 3.63) is 61.0 Å². The highest BCUT2D eigenvalue weighted by atomic mass is 16.2. The number of hydrogen-bond donors (Lipinski definition) is 2. The van der Waals surface area contributed by atoms with E-state index in [1.165, 1.54) is 0 Å². The fourth-order valence-electron chi connectivity index (χ4n) is 1.15. The van der Waals surface area contributed by atoms with Gasteiger partial charge in [-0.2, -0.15) is 0 Å². The lowest BCUT2D eigenvalue weighted by Gasteiger charge is -2.19. The maximum Gasteiger partial charge on any atom is 0.271 e. The van der Waals surface area contributed by atoms with Crippen LogP contribution in [0.3, 0.4) is 0 Å². The molecule has 0 aromatic carbocycles. The molecule has 1 heterocycles. The van der Waals surface area contributed by atoms with Gasteiger partial charge in [-0.3, -0.25) is 4.79 Å². The topological polar surface area (TPSA) is 41.1 Å². The van der Waals surface area contributed by atoms with Gasteiger partial charge < -0.3 is 10.6 Å². The number of rotatable bonds is 3. The first-order valence-electron chi connectivity index (χ1n) is 4.57. The predicted octanol–water partition coefficient (Wildman–Crippen LogP) is 1.40. The number of nitrogens with one attached hydrogen (secondary N) is 2. The number of hydrogen-bond acceptors (Lipinski definition) is 2. The molecule has 0 unspecified atom stereocenters. The second-order valence-electron chi connectivity index (χ2n) is 3.08. The molecule has 1 amide bonds. The zero-order valence-electron chi connectivity index (χ0n) is 8.55. The van der Waals surface area contributed by atoms with Gasteiger partial charge in [0.15, 0.2) is 0 Å². The lowest BCUT2D eigenvalue weighted by Crippen LogP contribution is -2.40. The van der Waals surface area contributed by atoms with E-state index in [1.807, 2.05) is 0 Å². The van der Waals surface area contributed by atoms with Crippen LogP contribution in [0.5, 0.6) is 0 Å². The van der Waals surface area contributed by atoms with Crippen LogP contribution in [0.4, 0.5) is 0 Å². The van der Waals surface area contributed by atoms with E-state index < -0.39 is 0 Å². The maximum absolute atomic E-state index is 11.5. The minimum absolute atomic E-state index is 0.178. The van der Waals surface area contributed by atoms with Crippen molar-refractivity contribution in [3.8, 4) is 0 Å². The van der Waals surface area contributed by atoms with Crippen molar-refractivity contribution < 1.29 is 4.79 Å². The summed E-state index contributed by atoms with van der Waals surface area (Å²) < 4.78 is 0. The first-order chi connectivity index (χ1) is 7.17. The number of carbonyl (C=O) groups excluding carboxylic acids is 1. The average Bonchev–Trinajstić information content (AvgIpc) is 2.21. The molecule has 1 fully saturated rings. The largest absolute Gasteiger partial charge is 0.375 e. The van der Waals surface area contributed by atoms with Gasteiger partial charge in [-0.05, 0) is 11.6 Å². The summed E-state index contributed by atoms with van der Waals surface area (Å²) in [7, 11) is 0. The monoisotopic (exact) mass is 202 g/mol. The van der Waals surface area contributed by atoms with Gasteiger partial charge in [0.05, 0.1) is 6.54 Å². The van der Waals surface area contributed by atoms with Crippen LogP contribution in [0, 0.1) is 0 Å². The molecule has 1 aliphatic heterocycles. The summed E-state index contributed by atoms with van der Waals surface area (Å²) >= 11 is 0. The number of allylic oxidation sites excluding steroid dienone is 5. The Bertz CT molecular complexity index is 375. The van der Waals surface area contributed by atoms with Crippen LogP contribution in [-0.4, -0.2) is 12.5 Å². The second-order valence-corrected chi connectivity index (χ2v) is 3.08. The van der Waals surface area contributed by atoms with Gasteiger partial charge in [0, 0.05) is 5.70 Å². The summed E-state index contributed by atoms with van der Waals surface area (Å²) in [4.78, 5) is 11.5. The van der Waals surface area contributed by atoms with Gasteiger partial charge in [0.25, 0.3) is 5.91 Å². The average molecular weight is 202 g/mol. The molecule has 3 heteroatoms. The molecule has 1 aliphatic rings. The zero-order chi connectivity index (χ0) is 11.3. The molecule has 78 valence electrons. The molecule has 3 nitrogen and oxygen atoms in total. The zero-order valence-corrected chi connectivity index (χ0v) is 8.55. The third-order valence-corrected chi connectivity index (χ3v) is 1.88. The Morgan fingerprint density at radius 3 is 2.67 bits per heavy atom. The van der Waals surface area contributed by atoms with E-state index in [0.29, 0.717) is 17.9 Å². The minimum Gasteiger partial charge on any atom is -0.375 e. The van der Waals surface area contributed by atoms with Crippen molar-refractivity contribution in [1.82, 2.24) is 10.6 Å². The highest BCUT2D eigenvalue weighted by molar-refractivity contribution is 5.95. The van der Waals surface area contributed by atoms with Gasteiger partial charge in [0.1, 0.15) is 5.70 Å². The molecule has 1 saturated heterocycles. The second kappa shape index (κ2) is 5.00. The molecular formula is C12H14N2O. The molecule has 15 heavy (non-hydrogen) atoms. The van der Waals surface area contributed by atoms with Gasteiger partial charge in [-0.1, -0.05) is 38.0 Å². The van der Waals surface area contributed by atoms with Crippen molar-refractivity contribution in [3.63, 3.8) is 0 Å². The van der Waals surface area contributed by atoms with Crippen LogP contribution in [-0.2, 0) is 4.79 Å². The van der Waals surface area contributed by atoms with Gasteiger partial charge in [0.2, 0.25) is 0 Å². The molecule has 0 aliphatic carbocycles. The van der Waals surface area contributed by atoms with Crippen LogP contribution < -0.4 is 10.6 Å². The summed E-state index contributed by atoms with van der Waals surface area (Å²) in [5.41, 5.74) is 2.01. The lowest BCUT2D eigenvalue weighted by atomic mass is 10.1. The van der Waals surface area contributed by atoms with E-state index >= 15 is 0 Å². The molecule has 0 aromatic rings. The molecule has 2 N–H and O–H groups in total. The first-order valence-corrected chi connectivity index (χ1v) is 4.57. The quantitative estimate of drug-likeness (QED) is 0.536. The third kappa shape index (κ3) is 2.98. The Labute approximate surface area is 89.6 Å². The molecule has 1 rings (SSSR count). The van der Waals surface area contributed by atoms with Crippen LogP contribution in [0.1, 0.15) is 0 Å². The molecule has 0 aromatic heterocycles. The number of piperazine rings is 1. The lowest BCUT2D eigenvalue weighted by molar-refractivity contribution is -0.117. The van der Waals surface area contributed by atoms with Crippen molar-refractivity contribution in [2.75, 3.05) is 6.54 Å². The third-order valence-electron chi connectivity index (χ3n) is 1.88. The van der Waals surface area contributed by atoms with E-state index in [2.05, 4.69) is 30.4 Å². The Kier molecular flexibility index (Phi) is 3.68. The Balaban J connectivity index is 2.87. The highest BCUT2D eigenvalue weighted by Crippen LogP contribution is 2.06. The van der Waals surface area contributed by atoms with Gasteiger partial charge in [-0.15, -0.1) is 0 Å². The van der Waals surface area contributed by atoms with Crippen LogP contribution in [0.2, 0.25) is 0 Å². The van der Waals surface area contributed by atoms with Gasteiger partial charge >= 0.3 is 0 Å². The SMILES string of the molecule is C=C/C=C(C=C)/C=C1\NCC(=C)NC1=O. The van der Waals surface area contributed by atoms with E-state index in [-0.39, 0.29) is 5.91 Å². The van der Waals surface area contributed by atoms with E-state index in [9.17, 15) is 4.79 Å². The molecule has 0 spiro atoms. The van der Waals surface area contributed by atoms with E-state index in [1.54, 1.807) is 24.3 Å². The number of amides is 1. The van der Waals surface area contributed by atoms with Crippen molar-refractivity contribution in [1.29, 1.82) is 0 Å². The smallest absolute Gasteiger partial charge is 0.271 e. The van der Waals surface area contributed by atoms with Crippen molar-refractivity contribution >= 4 is 5.91 Å². The fourth-order valence-corrected chi connectivity index (χ4v) is 1.15. The van der Waals surface area contributed by atoms with Crippen molar-refractivity contribution in [2.24, 2.45) is 0 Å². The van der Waals surface area contributed by atoms with E-state index in [0.717, 1.165) is 5.57 Å². The molecule has 0 saturated carbocycles. The molecular weight excluding hydrogens is 188 g/mol. The highest BCUT2D eigenvalue weighted by Gasteiger charge is 2.15. The number of carbonyl (C=O) groups is 1. The normalized spacial score (nSPS) is 19.5. The van der Waals surface area contributed by atoms with Crippen LogP contribution >= 0.6 is 0 Å². The summed E-state index contributed by atoms with van der Waals surface area (Å²) in [6.07, 6.45) is 6.80. The summed E-state index contributed by atoms with van der Waals surface area (Å²) in [6.45, 7) is 11.4. The van der Waals surface area contributed by atoms with E-state index in [4.69, 9.17) is 0 Å². The van der Waals surface area contributed by atoms with Gasteiger partial charge in [-0.25, -0.2) is 0 Å². The Morgan fingerprint density at radius 1 is 1.40 bits per heavy atom. The van der Waals surface area contributed by atoms with Crippen molar-refractivity contribution in [2.45, 2.75) is 0 Å². The first kappa shape index (κ1) is 11.0. The Morgan fingerprint density at radius 2 is 2.13 bits per heavy atom. The minimum atomic E-state index is -0.178. The standard InChI is InChI=1S/C12H14N2O/c1-4-6-10(5-2)7-11-12(15)14-9(3)8-13-11/h4-7,13H,1-3,8H2,(H,14,15)/b10-6+,11-7-. The Hall–Kier alpha value is -2.03. The van der Waals surface area contributed by atoms with Crippen LogP contribution in [0.25, 0.3) is 0 Å².